The highest BCUT2D eigenvalue weighted by Gasteiger charge is 2.42. The van der Waals surface area contributed by atoms with Crippen LogP contribution in [0.2, 0.25) is 10.0 Å². The molecule has 0 saturated carbocycles. The summed E-state index contributed by atoms with van der Waals surface area (Å²) in [5.41, 5.74) is 4.11. The SMILES string of the molecule is CCOCCn1c(N2CCCN(CCC3(c4ccc(Cl)c(Cl)c4)CCN(C(=O)c4cc(-c5nnn[nH]5)ccc4OC)C3)CC2)nc2ccccc21. The molecule has 0 spiro atoms. The van der Waals surface area contributed by atoms with Crippen LogP contribution in [-0.4, -0.2) is 112 Å². The number of carbonyl (C=O) groups is 1. The Hall–Kier alpha value is -4.23. The van der Waals surface area contributed by atoms with Gasteiger partial charge in [0, 0.05) is 56.9 Å². The minimum Gasteiger partial charge on any atom is -0.496 e. The Morgan fingerprint density at radius 1 is 0.980 bits per heavy atom. The summed E-state index contributed by atoms with van der Waals surface area (Å²) in [4.78, 5) is 26.2. The van der Waals surface area contributed by atoms with Gasteiger partial charge in [-0.05, 0) is 97.7 Å². The van der Waals surface area contributed by atoms with Crippen molar-refractivity contribution >= 4 is 46.1 Å². The molecular formula is C37H43Cl2N9O3. The predicted octanol–water partition coefficient (Wildman–Crippen LogP) is 5.95. The highest BCUT2D eigenvalue weighted by Crippen LogP contribution is 2.41. The second-order valence-electron chi connectivity index (χ2n) is 13.2. The summed E-state index contributed by atoms with van der Waals surface area (Å²) in [6, 6.07) is 19.7. The van der Waals surface area contributed by atoms with E-state index in [1.165, 1.54) is 0 Å². The summed E-state index contributed by atoms with van der Waals surface area (Å²) in [6.07, 6.45) is 2.69. The van der Waals surface area contributed by atoms with E-state index in [9.17, 15) is 4.79 Å². The van der Waals surface area contributed by atoms with Crippen molar-refractivity contribution in [1.29, 1.82) is 0 Å². The molecule has 2 aliphatic heterocycles. The Kier molecular flexibility index (Phi) is 10.7. The van der Waals surface area contributed by atoms with Crippen molar-refractivity contribution in [3.05, 3.63) is 81.8 Å². The van der Waals surface area contributed by atoms with Crippen LogP contribution in [-0.2, 0) is 16.7 Å². The molecule has 12 nitrogen and oxygen atoms in total. The van der Waals surface area contributed by atoms with Crippen LogP contribution in [0.5, 0.6) is 5.75 Å². The number of benzene rings is 3. The molecule has 268 valence electrons. The van der Waals surface area contributed by atoms with Gasteiger partial charge < -0.3 is 28.7 Å². The quantitative estimate of drug-likeness (QED) is 0.155. The van der Waals surface area contributed by atoms with Gasteiger partial charge in [-0.3, -0.25) is 4.79 Å². The molecule has 0 aliphatic carbocycles. The van der Waals surface area contributed by atoms with Gasteiger partial charge >= 0.3 is 0 Å². The molecule has 7 rings (SSSR count). The van der Waals surface area contributed by atoms with E-state index in [4.69, 9.17) is 37.7 Å². The molecule has 5 aromatic rings. The molecule has 0 bridgehead atoms. The molecule has 2 saturated heterocycles. The van der Waals surface area contributed by atoms with Crippen molar-refractivity contribution in [3.8, 4) is 17.1 Å². The average Bonchev–Trinajstić information content (AvgIpc) is 3.89. The van der Waals surface area contributed by atoms with Crippen molar-refractivity contribution in [1.82, 2.24) is 40.0 Å². The summed E-state index contributed by atoms with van der Waals surface area (Å²) >= 11 is 13.0. The minimum absolute atomic E-state index is 0.0965. The number of para-hydroxylation sites is 2. The normalized spacial score (nSPS) is 18.4. The molecular weight excluding hydrogens is 689 g/mol. The summed E-state index contributed by atoms with van der Waals surface area (Å²) in [7, 11) is 1.57. The van der Waals surface area contributed by atoms with E-state index < -0.39 is 0 Å². The van der Waals surface area contributed by atoms with Crippen LogP contribution in [0.3, 0.4) is 0 Å². The molecule has 0 radical (unpaired) electrons. The van der Waals surface area contributed by atoms with Gasteiger partial charge in [-0.1, -0.05) is 41.4 Å². The number of nitrogens with zero attached hydrogens (tertiary/aromatic N) is 8. The van der Waals surface area contributed by atoms with E-state index in [0.717, 1.165) is 81.1 Å². The Morgan fingerprint density at radius 2 is 1.86 bits per heavy atom. The molecule has 51 heavy (non-hydrogen) atoms. The third kappa shape index (κ3) is 7.41. The number of methoxy groups -OCH3 is 1. The fraction of sp³-hybridized carbons (Fsp3) is 0.432. The number of hydrogen-bond donors (Lipinski definition) is 1. The third-order valence-electron chi connectivity index (χ3n) is 10.3. The second-order valence-corrected chi connectivity index (χ2v) is 14.0. The Balaban J connectivity index is 1.09. The first-order valence-corrected chi connectivity index (χ1v) is 18.3. The lowest BCUT2D eigenvalue weighted by Gasteiger charge is -2.33. The van der Waals surface area contributed by atoms with Crippen LogP contribution in [0.25, 0.3) is 22.4 Å². The number of nitrogens with one attached hydrogen (secondary N) is 1. The van der Waals surface area contributed by atoms with Crippen molar-refractivity contribution in [2.24, 2.45) is 0 Å². The van der Waals surface area contributed by atoms with Crippen LogP contribution in [0.1, 0.15) is 42.1 Å². The van der Waals surface area contributed by atoms with Gasteiger partial charge in [-0.15, -0.1) is 5.10 Å². The highest BCUT2D eigenvalue weighted by molar-refractivity contribution is 6.42. The fourth-order valence-electron chi connectivity index (χ4n) is 7.52. The number of imidazole rings is 1. The minimum atomic E-state index is -0.303. The lowest BCUT2D eigenvalue weighted by molar-refractivity contribution is 0.0777. The second kappa shape index (κ2) is 15.6. The first-order chi connectivity index (χ1) is 24.9. The first kappa shape index (κ1) is 35.2. The predicted molar refractivity (Wildman–Crippen MR) is 199 cm³/mol. The van der Waals surface area contributed by atoms with Gasteiger partial charge in [0.1, 0.15) is 5.75 Å². The largest absolute Gasteiger partial charge is 0.496 e. The highest BCUT2D eigenvalue weighted by atomic mass is 35.5. The summed E-state index contributed by atoms with van der Waals surface area (Å²) in [5, 5.41) is 15.2. The zero-order valence-corrected chi connectivity index (χ0v) is 30.5. The van der Waals surface area contributed by atoms with Crippen molar-refractivity contribution in [3.63, 3.8) is 0 Å². The topological polar surface area (TPSA) is 118 Å². The van der Waals surface area contributed by atoms with Gasteiger partial charge in [0.05, 0.1) is 40.4 Å². The molecule has 2 fully saturated rings. The first-order valence-electron chi connectivity index (χ1n) is 17.6. The number of fused-ring (bicyclic) bond motifs is 1. The molecule has 2 aliphatic rings. The smallest absolute Gasteiger partial charge is 0.257 e. The number of amides is 1. The molecule has 1 N–H and O–H groups in total. The van der Waals surface area contributed by atoms with Gasteiger partial charge in [0.25, 0.3) is 5.91 Å². The summed E-state index contributed by atoms with van der Waals surface area (Å²) in [6.45, 7) is 9.86. The number of halogens is 2. The number of H-pyrrole nitrogens is 1. The van der Waals surface area contributed by atoms with Crippen molar-refractivity contribution < 1.29 is 14.3 Å². The molecule has 1 atom stereocenters. The van der Waals surface area contributed by atoms with E-state index in [1.54, 1.807) is 19.2 Å². The fourth-order valence-corrected chi connectivity index (χ4v) is 7.82. The van der Waals surface area contributed by atoms with Gasteiger partial charge in [0.2, 0.25) is 5.95 Å². The van der Waals surface area contributed by atoms with E-state index >= 15 is 0 Å². The van der Waals surface area contributed by atoms with E-state index in [0.29, 0.717) is 59.0 Å². The summed E-state index contributed by atoms with van der Waals surface area (Å²) < 4.78 is 13.7. The molecule has 14 heteroatoms. The van der Waals surface area contributed by atoms with E-state index in [1.807, 2.05) is 36.1 Å². The van der Waals surface area contributed by atoms with E-state index in [-0.39, 0.29) is 11.3 Å². The molecule has 1 unspecified atom stereocenters. The average molecular weight is 733 g/mol. The van der Waals surface area contributed by atoms with Crippen LogP contribution >= 0.6 is 23.2 Å². The maximum absolute atomic E-state index is 14.2. The zero-order valence-electron chi connectivity index (χ0n) is 29.0. The third-order valence-corrected chi connectivity index (χ3v) is 11.0. The number of aromatic amines is 1. The van der Waals surface area contributed by atoms with Crippen LogP contribution in [0.15, 0.2) is 60.7 Å². The van der Waals surface area contributed by atoms with Crippen LogP contribution < -0.4 is 9.64 Å². The number of hydrogen-bond acceptors (Lipinski definition) is 9. The maximum atomic E-state index is 14.2. The standard InChI is InChI=1S/C37H43Cl2N9O3/c1-3-51-22-21-48-32-8-5-4-7-31(32)40-36(48)46-16-6-15-45(19-20-46)17-13-37(27-10-11-29(38)30(39)24-27)14-18-47(25-37)35(49)28-23-26(9-12-33(28)50-2)34-41-43-44-42-34/h4-5,7-12,23-24H,3,6,13-22,25H2,1-2H3,(H,41,42,43,44). The van der Waals surface area contributed by atoms with Crippen molar-refractivity contribution in [2.45, 2.75) is 38.1 Å². The number of carbonyl (C=O) groups excluding carboxylic acids is 1. The zero-order chi connectivity index (χ0) is 35.4. The number of tetrazole rings is 1. The maximum Gasteiger partial charge on any atom is 0.257 e. The van der Waals surface area contributed by atoms with Crippen molar-refractivity contribution in [2.75, 3.05) is 71.0 Å². The van der Waals surface area contributed by atoms with Crippen LogP contribution in [0, 0.1) is 0 Å². The van der Waals surface area contributed by atoms with E-state index in [2.05, 4.69) is 59.3 Å². The van der Waals surface area contributed by atoms with Gasteiger partial charge in [0.15, 0.2) is 5.82 Å². The molecule has 2 aromatic heterocycles. The Bertz CT molecular complexity index is 1970. The van der Waals surface area contributed by atoms with Crippen LogP contribution in [0.4, 0.5) is 5.95 Å². The summed E-state index contributed by atoms with van der Waals surface area (Å²) in [5.74, 6) is 1.90. The number of anilines is 1. The lowest BCUT2D eigenvalue weighted by Crippen LogP contribution is -2.39. The number of ether oxygens (including phenoxy) is 2. The Labute approximate surface area is 307 Å². The molecule has 1 amide bonds. The van der Waals surface area contributed by atoms with Gasteiger partial charge in [-0.2, -0.15) is 0 Å². The monoisotopic (exact) mass is 731 g/mol. The molecule has 3 aromatic carbocycles. The Morgan fingerprint density at radius 3 is 2.67 bits per heavy atom. The van der Waals surface area contributed by atoms with Gasteiger partial charge in [-0.25, -0.2) is 10.1 Å². The number of aromatic nitrogens is 6. The molecule has 4 heterocycles. The number of likely N-dealkylation sites (tertiary alicyclic amines) is 1. The number of rotatable bonds is 12. The lowest BCUT2D eigenvalue weighted by atomic mass is 9.76.